The van der Waals surface area contributed by atoms with Gasteiger partial charge in [-0.2, -0.15) is 0 Å². The Hall–Kier alpha value is -3.14. The number of amides is 1. The molecule has 0 unspecified atom stereocenters. The summed E-state index contributed by atoms with van der Waals surface area (Å²) in [6, 6.07) is 20.2. The van der Waals surface area contributed by atoms with Gasteiger partial charge in [0.1, 0.15) is 0 Å². The van der Waals surface area contributed by atoms with Crippen molar-refractivity contribution in [2.75, 3.05) is 5.32 Å². The lowest BCUT2D eigenvalue weighted by atomic mass is 10.1. The Bertz CT molecular complexity index is 811. The van der Waals surface area contributed by atoms with Crippen molar-refractivity contribution in [2.24, 2.45) is 0 Å². The van der Waals surface area contributed by atoms with Crippen molar-refractivity contribution in [1.29, 1.82) is 0 Å². The van der Waals surface area contributed by atoms with Gasteiger partial charge in [0.05, 0.1) is 17.7 Å². The standard InChI is InChI=1S/C19H15NO3/c21-18(20-17-9-5-4-8-16(17)19(22)23)12-13-10-14-6-2-1-3-7-15(14)11-13/h1-11H,12H2,(H,20,21)(H,22,23). The second kappa shape index (κ2) is 6.32. The zero-order valence-corrected chi connectivity index (χ0v) is 12.3. The van der Waals surface area contributed by atoms with E-state index in [0.717, 1.165) is 16.7 Å². The lowest BCUT2D eigenvalue weighted by Crippen LogP contribution is -2.16. The summed E-state index contributed by atoms with van der Waals surface area (Å²) >= 11 is 0. The molecule has 0 radical (unpaired) electrons. The topological polar surface area (TPSA) is 66.4 Å². The molecule has 0 spiro atoms. The van der Waals surface area contributed by atoms with Crippen LogP contribution in [0, 0.1) is 0 Å². The predicted octanol–water partition coefficient (Wildman–Crippen LogP) is 3.67. The molecule has 2 N–H and O–H groups in total. The summed E-state index contributed by atoms with van der Waals surface area (Å²) in [5.74, 6) is -1.30. The quantitative estimate of drug-likeness (QED) is 0.773. The number of fused-ring (bicyclic) bond motifs is 1. The molecule has 114 valence electrons. The summed E-state index contributed by atoms with van der Waals surface area (Å²) in [5.41, 5.74) is 3.44. The molecule has 2 aliphatic rings. The molecule has 0 heterocycles. The SMILES string of the molecule is O=C(Cc1cc2cccccc-2c1)Nc1ccccc1C(=O)O. The Labute approximate surface area is 133 Å². The highest BCUT2D eigenvalue weighted by molar-refractivity contribution is 6.01. The molecule has 0 aromatic heterocycles. The number of nitrogens with one attached hydrogen (secondary N) is 1. The summed E-state index contributed by atoms with van der Waals surface area (Å²) in [6.07, 6.45) is 0.201. The average molecular weight is 305 g/mol. The van der Waals surface area contributed by atoms with E-state index < -0.39 is 5.97 Å². The number of hydrogen-bond acceptors (Lipinski definition) is 2. The van der Waals surface area contributed by atoms with Crippen LogP contribution in [0.5, 0.6) is 0 Å². The molecular formula is C19H15NO3. The first-order chi connectivity index (χ1) is 11.1. The van der Waals surface area contributed by atoms with Crippen LogP contribution in [0.1, 0.15) is 15.9 Å². The first-order valence-corrected chi connectivity index (χ1v) is 7.23. The molecule has 0 bridgehead atoms. The van der Waals surface area contributed by atoms with Gasteiger partial charge in [-0.15, -0.1) is 0 Å². The highest BCUT2D eigenvalue weighted by atomic mass is 16.4. The van der Waals surface area contributed by atoms with Crippen molar-refractivity contribution in [3.63, 3.8) is 0 Å². The summed E-state index contributed by atoms with van der Waals surface area (Å²) in [7, 11) is 0. The summed E-state index contributed by atoms with van der Waals surface area (Å²) in [6.45, 7) is 0. The van der Waals surface area contributed by atoms with Crippen molar-refractivity contribution in [2.45, 2.75) is 6.42 Å². The molecular weight excluding hydrogens is 290 g/mol. The Balaban J connectivity index is 1.77. The molecule has 1 aromatic rings. The van der Waals surface area contributed by atoms with E-state index in [1.165, 1.54) is 6.07 Å². The third-order valence-corrected chi connectivity index (χ3v) is 3.59. The van der Waals surface area contributed by atoms with Crippen LogP contribution in [0.4, 0.5) is 5.69 Å². The molecule has 0 saturated heterocycles. The largest absolute Gasteiger partial charge is 0.478 e. The molecule has 3 rings (SSSR count). The summed E-state index contributed by atoms with van der Waals surface area (Å²) in [4.78, 5) is 23.3. The van der Waals surface area contributed by atoms with Crippen LogP contribution in [-0.4, -0.2) is 17.0 Å². The number of aromatic carboxylic acids is 1. The number of carbonyl (C=O) groups excluding carboxylic acids is 1. The minimum Gasteiger partial charge on any atom is -0.478 e. The lowest BCUT2D eigenvalue weighted by molar-refractivity contribution is -0.115. The maximum atomic E-state index is 12.2. The van der Waals surface area contributed by atoms with E-state index in [1.54, 1.807) is 18.2 Å². The highest BCUT2D eigenvalue weighted by Gasteiger charge is 2.13. The highest BCUT2D eigenvalue weighted by Crippen LogP contribution is 2.25. The van der Waals surface area contributed by atoms with Gasteiger partial charge < -0.3 is 10.4 Å². The van der Waals surface area contributed by atoms with Gasteiger partial charge in [0, 0.05) is 0 Å². The van der Waals surface area contributed by atoms with Crippen LogP contribution >= 0.6 is 0 Å². The van der Waals surface area contributed by atoms with Gasteiger partial charge >= 0.3 is 5.97 Å². The fraction of sp³-hybridized carbons (Fsp3) is 0.0526. The van der Waals surface area contributed by atoms with E-state index in [-0.39, 0.29) is 17.9 Å². The minimum absolute atomic E-state index is 0.0838. The van der Waals surface area contributed by atoms with E-state index in [0.29, 0.717) is 5.69 Å². The fourth-order valence-corrected chi connectivity index (χ4v) is 2.54. The minimum atomic E-state index is -1.06. The third-order valence-electron chi connectivity index (χ3n) is 3.59. The van der Waals surface area contributed by atoms with Crippen LogP contribution in [0.3, 0.4) is 0 Å². The van der Waals surface area contributed by atoms with Gasteiger partial charge in [-0.1, -0.05) is 54.6 Å². The Morgan fingerprint density at radius 1 is 0.870 bits per heavy atom. The molecule has 0 aliphatic heterocycles. The van der Waals surface area contributed by atoms with Crippen LogP contribution in [-0.2, 0) is 11.2 Å². The number of anilines is 1. The van der Waals surface area contributed by atoms with Crippen molar-refractivity contribution < 1.29 is 14.7 Å². The van der Waals surface area contributed by atoms with Gasteiger partial charge in [0.25, 0.3) is 0 Å². The number of carboxylic acid groups (broad SMARTS) is 1. The van der Waals surface area contributed by atoms with Crippen LogP contribution < -0.4 is 5.32 Å². The number of rotatable bonds is 4. The normalized spacial score (nSPS) is 10.4. The number of benzene rings is 1. The molecule has 4 heteroatoms. The second-order valence-electron chi connectivity index (χ2n) is 5.26. The molecule has 2 aliphatic carbocycles. The smallest absolute Gasteiger partial charge is 0.337 e. The zero-order valence-electron chi connectivity index (χ0n) is 12.3. The number of hydrogen-bond donors (Lipinski definition) is 2. The number of para-hydroxylation sites is 1. The van der Waals surface area contributed by atoms with Gasteiger partial charge in [-0.25, -0.2) is 4.79 Å². The van der Waals surface area contributed by atoms with E-state index in [2.05, 4.69) is 5.32 Å². The van der Waals surface area contributed by atoms with Gasteiger partial charge in [0.2, 0.25) is 5.91 Å². The first kappa shape index (κ1) is 14.8. The first-order valence-electron chi connectivity index (χ1n) is 7.23. The molecule has 0 saturated carbocycles. The van der Waals surface area contributed by atoms with Crippen LogP contribution in [0.15, 0.2) is 66.7 Å². The van der Waals surface area contributed by atoms with E-state index in [1.807, 2.05) is 42.5 Å². The summed E-state index contributed by atoms with van der Waals surface area (Å²) in [5, 5.41) is 11.8. The molecule has 23 heavy (non-hydrogen) atoms. The second-order valence-corrected chi connectivity index (χ2v) is 5.26. The summed E-state index contributed by atoms with van der Waals surface area (Å²) < 4.78 is 0. The van der Waals surface area contributed by atoms with Crippen LogP contribution in [0.25, 0.3) is 11.1 Å². The van der Waals surface area contributed by atoms with Gasteiger partial charge in [-0.05, 0) is 28.8 Å². The number of carbonyl (C=O) groups is 2. The Kier molecular flexibility index (Phi) is 4.06. The molecule has 0 fully saturated rings. The van der Waals surface area contributed by atoms with Gasteiger partial charge in [-0.3, -0.25) is 4.79 Å². The Morgan fingerprint density at radius 3 is 2.13 bits per heavy atom. The van der Waals surface area contributed by atoms with Crippen molar-refractivity contribution >= 4 is 17.6 Å². The molecule has 4 nitrogen and oxygen atoms in total. The van der Waals surface area contributed by atoms with Crippen LogP contribution in [0.2, 0.25) is 0 Å². The van der Waals surface area contributed by atoms with Crippen molar-refractivity contribution in [3.05, 3.63) is 77.9 Å². The van der Waals surface area contributed by atoms with E-state index in [4.69, 9.17) is 5.11 Å². The van der Waals surface area contributed by atoms with Crippen molar-refractivity contribution in [3.8, 4) is 11.1 Å². The fourth-order valence-electron chi connectivity index (χ4n) is 2.54. The lowest BCUT2D eigenvalue weighted by Gasteiger charge is -2.07. The average Bonchev–Trinajstić information content (AvgIpc) is 2.76. The molecule has 1 amide bonds. The zero-order chi connectivity index (χ0) is 16.2. The van der Waals surface area contributed by atoms with Gasteiger partial charge in [0.15, 0.2) is 0 Å². The maximum Gasteiger partial charge on any atom is 0.337 e. The van der Waals surface area contributed by atoms with Crippen molar-refractivity contribution in [1.82, 2.24) is 0 Å². The number of carboxylic acids is 1. The van der Waals surface area contributed by atoms with E-state index >= 15 is 0 Å². The monoisotopic (exact) mass is 305 g/mol. The van der Waals surface area contributed by atoms with E-state index in [9.17, 15) is 9.59 Å². The maximum absolute atomic E-state index is 12.2. The third kappa shape index (κ3) is 3.37. The Morgan fingerprint density at radius 2 is 1.48 bits per heavy atom. The molecule has 1 aromatic carbocycles. The predicted molar refractivity (Wildman–Crippen MR) is 88.8 cm³/mol. The molecule has 0 atom stereocenters.